The van der Waals surface area contributed by atoms with Gasteiger partial charge in [-0.2, -0.15) is 5.10 Å². The quantitative estimate of drug-likeness (QED) is 0.803. The molecule has 4 nitrogen and oxygen atoms in total. The average molecular weight is 309 g/mol. The number of fused-ring (bicyclic) bond motifs is 1. The number of nitrogens with zero attached hydrogens (tertiary/aromatic N) is 4. The molecule has 0 amide bonds. The molecule has 2 unspecified atom stereocenters. The van der Waals surface area contributed by atoms with Crippen LogP contribution in [0.1, 0.15) is 51.0 Å². The minimum Gasteiger partial charge on any atom is -0.312 e. The summed E-state index contributed by atoms with van der Waals surface area (Å²) in [6.07, 6.45) is 6.32. The van der Waals surface area contributed by atoms with E-state index in [1.165, 1.54) is 25.7 Å². The Bertz CT molecular complexity index is 628. The van der Waals surface area contributed by atoms with Crippen LogP contribution in [-0.2, 0) is 25.9 Å². The van der Waals surface area contributed by atoms with Gasteiger partial charge in [-0.25, -0.2) is 4.98 Å². The van der Waals surface area contributed by atoms with Gasteiger partial charge in [-0.05, 0) is 24.7 Å². The zero-order valence-electron chi connectivity index (χ0n) is 13.3. The molecule has 0 aliphatic heterocycles. The summed E-state index contributed by atoms with van der Waals surface area (Å²) in [7, 11) is 2.02. The first-order valence-corrected chi connectivity index (χ1v) is 8.66. The predicted molar refractivity (Wildman–Crippen MR) is 86.6 cm³/mol. The SMILES string of the molecule is CCc1nn(C)c2c1nc(CCl)n2CC1CCCCC1C. The molecule has 2 aromatic rings. The van der Waals surface area contributed by atoms with Gasteiger partial charge in [0.25, 0.3) is 0 Å². The summed E-state index contributed by atoms with van der Waals surface area (Å²) in [6, 6.07) is 0. The molecule has 21 heavy (non-hydrogen) atoms. The van der Waals surface area contributed by atoms with Crippen LogP contribution in [0.15, 0.2) is 0 Å². The highest BCUT2D eigenvalue weighted by Gasteiger charge is 2.25. The van der Waals surface area contributed by atoms with Gasteiger partial charge in [0.1, 0.15) is 11.3 Å². The maximum absolute atomic E-state index is 6.15. The lowest BCUT2D eigenvalue weighted by Crippen LogP contribution is -2.23. The van der Waals surface area contributed by atoms with Crippen molar-refractivity contribution in [1.29, 1.82) is 0 Å². The van der Waals surface area contributed by atoms with Crippen molar-refractivity contribution < 1.29 is 0 Å². The molecule has 1 saturated carbocycles. The maximum Gasteiger partial charge on any atom is 0.158 e. The highest BCUT2D eigenvalue weighted by molar-refractivity contribution is 6.16. The van der Waals surface area contributed by atoms with Crippen molar-refractivity contribution in [3.8, 4) is 0 Å². The van der Waals surface area contributed by atoms with Gasteiger partial charge in [0.15, 0.2) is 5.65 Å². The second-order valence-corrected chi connectivity index (χ2v) is 6.66. The number of hydrogen-bond acceptors (Lipinski definition) is 2. The molecule has 5 heteroatoms. The molecule has 0 saturated heterocycles. The van der Waals surface area contributed by atoms with Crippen molar-refractivity contribution in [2.45, 2.75) is 58.4 Å². The van der Waals surface area contributed by atoms with Crippen LogP contribution >= 0.6 is 11.6 Å². The zero-order chi connectivity index (χ0) is 15.0. The van der Waals surface area contributed by atoms with Gasteiger partial charge >= 0.3 is 0 Å². The first kappa shape index (κ1) is 14.9. The molecule has 0 aromatic carbocycles. The lowest BCUT2D eigenvalue weighted by atomic mass is 9.80. The summed E-state index contributed by atoms with van der Waals surface area (Å²) in [6.45, 7) is 5.55. The fourth-order valence-corrected chi connectivity index (χ4v) is 3.92. The van der Waals surface area contributed by atoms with E-state index >= 15 is 0 Å². The second-order valence-electron chi connectivity index (χ2n) is 6.39. The first-order valence-electron chi connectivity index (χ1n) is 8.12. The number of alkyl halides is 1. The van der Waals surface area contributed by atoms with Gasteiger partial charge in [-0.3, -0.25) is 4.68 Å². The van der Waals surface area contributed by atoms with Crippen LogP contribution in [0.5, 0.6) is 0 Å². The number of aromatic nitrogens is 4. The van der Waals surface area contributed by atoms with Gasteiger partial charge in [0.05, 0.1) is 11.6 Å². The number of hydrogen-bond donors (Lipinski definition) is 0. The molecule has 0 N–H and O–H groups in total. The molecule has 2 atom stereocenters. The van der Waals surface area contributed by atoms with Crippen LogP contribution in [0.25, 0.3) is 11.2 Å². The standard InChI is InChI=1S/C16H25ClN4/c1-4-13-15-16(20(3)19-13)21(14(9-17)18-15)10-12-8-6-5-7-11(12)2/h11-12H,4-10H2,1-3H3. The van der Waals surface area contributed by atoms with E-state index < -0.39 is 0 Å². The number of imidazole rings is 1. The Morgan fingerprint density at radius 2 is 2.05 bits per heavy atom. The highest BCUT2D eigenvalue weighted by Crippen LogP contribution is 2.32. The van der Waals surface area contributed by atoms with E-state index in [-0.39, 0.29) is 0 Å². The summed E-state index contributed by atoms with van der Waals surface area (Å²) in [5, 5.41) is 4.61. The normalized spacial score (nSPS) is 23.0. The molecular weight excluding hydrogens is 284 g/mol. The maximum atomic E-state index is 6.15. The van der Waals surface area contributed by atoms with Gasteiger partial charge in [-0.1, -0.05) is 33.1 Å². The van der Waals surface area contributed by atoms with E-state index in [0.717, 1.165) is 47.5 Å². The molecule has 1 aliphatic rings. The van der Waals surface area contributed by atoms with Crippen LogP contribution in [0.4, 0.5) is 0 Å². The van der Waals surface area contributed by atoms with Crippen molar-refractivity contribution in [3.63, 3.8) is 0 Å². The zero-order valence-corrected chi connectivity index (χ0v) is 14.0. The fourth-order valence-electron chi connectivity index (χ4n) is 3.72. The largest absolute Gasteiger partial charge is 0.312 e. The summed E-state index contributed by atoms with van der Waals surface area (Å²) in [5.41, 5.74) is 3.26. The average Bonchev–Trinajstić information content (AvgIpc) is 2.99. The summed E-state index contributed by atoms with van der Waals surface area (Å²) < 4.78 is 4.30. The predicted octanol–water partition coefficient (Wildman–Crippen LogP) is 3.90. The van der Waals surface area contributed by atoms with E-state index in [9.17, 15) is 0 Å². The van der Waals surface area contributed by atoms with Gasteiger partial charge in [-0.15, -0.1) is 11.6 Å². The molecule has 3 rings (SSSR count). The van der Waals surface area contributed by atoms with Crippen molar-refractivity contribution >= 4 is 22.8 Å². The molecular formula is C16H25ClN4. The van der Waals surface area contributed by atoms with Crippen molar-refractivity contribution in [3.05, 3.63) is 11.5 Å². The summed E-state index contributed by atoms with van der Waals surface area (Å²) in [4.78, 5) is 4.76. The molecule has 1 fully saturated rings. The van der Waals surface area contributed by atoms with E-state index in [1.54, 1.807) is 0 Å². The number of aryl methyl sites for hydroxylation is 2. The van der Waals surface area contributed by atoms with E-state index in [1.807, 2.05) is 11.7 Å². The summed E-state index contributed by atoms with van der Waals surface area (Å²) in [5.74, 6) is 2.99. The first-order chi connectivity index (χ1) is 10.2. The van der Waals surface area contributed by atoms with Crippen LogP contribution < -0.4 is 0 Å². The number of rotatable bonds is 4. The van der Waals surface area contributed by atoms with Crippen LogP contribution in [0, 0.1) is 11.8 Å². The monoisotopic (exact) mass is 308 g/mol. The molecule has 0 spiro atoms. The third-order valence-corrected chi connectivity index (χ3v) is 5.27. The van der Waals surface area contributed by atoms with Gasteiger partial charge in [0, 0.05) is 13.6 Å². The van der Waals surface area contributed by atoms with Crippen LogP contribution in [0.3, 0.4) is 0 Å². The van der Waals surface area contributed by atoms with E-state index in [2.05, 4.69) is 23.5 Å². The molecule has 2 aromatic heterocycles. The minimum absolute atomic E-state index is 0.471. The summed E-state index contributed by atoms with van der Waals surface area (Å²) >= 11 is 6.15. The topological polar surface area (TPSA) is 35.6 Å². The molecule has 0 radical (unpaired) electrons. The molecule has 1 aliphatic carbocycles. The van der Waals surface area contributed by atoms with Gasteiger partial charge in [0.2, 0.25) is 0 Å². The Morgan fingerprint density at radius 3 is 2.71 bits per heavy atom. The third kappa shape index (κ3) is 2.59. The Labute approximate surface area is 131 Å². The van der Waals surface area contributed by atoms with Crippen LogP contribution in [0.2, 0.25) is 0 Å². The second kappa shape index (κ2) is 5.99. The van der Waals surface area contributed by atoms with Crippen molar-refractivity contribution in [2.75, 3.05) is 0 Å². The highest BCUT2D eigenvalue weighted by atomic mass is 35.5. The molecule has 2 heterocycles. The Morgan fingerprint density at radius 1 is 1.29 bits per heavy atom. The Balaban J connectivity index is 2.01. The smallest absolute Gasteiger partial charge is 0.158 e. The van der Waals surface area contributed by atoms with Crippen molar-refractivity contribution in [2.24, 2.45) is 18.9 Å². The lowest BCUT2D eigenvalue weighted by Gasteiger charge is -2.29. The Hall–Kier alpha value is -1.03. The third-order valence-electron chi connectivity index (χ3n) is 5.03. The lowest BCUT2D eigenvalue weighted by molar-refractivity contribution is 0.228. The van der Waals surface area contributed by atoms with Crippen LogP contribution in [-0.4, -0.2) is 19.3 Å². The molecule has 0 bridgehead atoms. The fraction of sp³-hybridized carbons (Fsp3) is 0.750. The number of halogens is 1. The van der Waals surface area contributed by atoms with Crippen molar-refractivity contribution in [1.82, 2.24) is 19.3 Å². The van der Waals surface area contributed by atoms with E-state index in [4.69, 9.17) is 16.6 Å². The minimum atomic E-state index is 0.471. The molecule has 116 valence electrons. The Kier molecular flexibility index (Phi) is 4.25. The van der Waals surface area contributed by atoms with E-state index in [0.29, 0.717) is 5.88 Å². The van der Waals surface area contributed by atoms with Gasteiger partial charge < -0.3 is 4.57 Å².